The van der Waals surface area contributed by atoms with Gasteiger partial charge in [0.1, 0.15) is 5.01 Å². The van der Waals surface area contributed by atoms with E-state index in [9.17, 15) is 0 Å². The first-order valence-corrected chi connectivity index (χ1v) is 18.9. The van der Waals surface area contributed by atoms with Crippen LogP contribution in [-0.4, -0.2) is 19.9 Å². The normalized spacial score (nSPS) is 12.1. The minimum absolute atomic E-state index is 0.519. The predicted octanol–water partition coefficient (Wildman–Crippen LogP) is 12.6. The van der Waals surface area contributed by atoms with Crippen LogP contribution in [-0.2, 0) is 0 Å². The van der Waals surface area contributed by atoms with Crippen molar-refractivity contribution in [3.63, 3.8) is 0 Å². The molecule has 0 saturated heterocycles. The zero-order chi connectivity index (χ0) is 35.7. The predicted molar refractivity (Wildman–Crippen MR) is 225 cm³/mol. The summed E-state index contributed by atoms with van der Waals surface area (Å²) in [6.07, 6.45) is 9.68. The molecule has 0 radical (unpaired) electrons. The van der Waals surface area contributed by atoms with Crippen molar-refractivity contribution in [3.8, 4) is 56.8 Å². The van der Waals surface area contributed by atoms with Crippen LogP contribution in [0.3, 0.4) is 0 Å². The van der Waals surface area contributed by atoms with Crippen molar-refractivity contribution in [1.82, 2.24) is 19.9 Å². The lowest BCUT2D eigenvalue weighted by molar-refractivity contribution is 1.04. The molecule has 0 amide bonds. The Balaban J connectivity index is 1.21. The molecule has 9 aromatic rings. The zero-order valence-corrected chi connectivity index (χ0v) is 30.3. The maximum Gasteiger partial charge on any atom is 0.164 e. The smallest absolute Gasteiger partial charge is 0.164 e. The molecule has 250 valence electrons. The Morgan fingerprint density at radius 3 is 2.11 bits per heavy atom. The monoisotopic (exact) mass is 714 g/mol. The fraction of sp³-hybridized carbons (Fsp3) is 0.0213. The largest absolute Gasteiger partial charge is 0.236 e. The van der Waals surface area contributed by atoms with E-state index >= 15 is 0 Å². The van der Waals surface area contributed by atoms with Crippen LogP contribution in [0.5, 0.6) is 0 Å². The third-order valence-electron chi connectivity index (χ3n) is 9.24. The van der Waals surface area contributed by atoms with Crippen molar-refractivity contribution in [2.45, 2.75) is 6.92 Å². The molecular weight excluding hydrogens is 685 g/mol. The van der Waals surface area contributed by atoms with Crippen molar-refractivity contribution in [3.05, 3.63) is 169 Å². The van der Waals surface area contributed by atoms with Crippen LogP contribution in [0.2, 0.25) is 0 Å². The molecule has 0 bridgehead atoms. The van der Waals surface area contributed by atoms with Crippen molar-refractivity contribution < 1.29 is 0 Å². The van der Waals surface area contributed by atoms with Gasteiger partial charge in [-0.1, -0.05) is 127 Å². The topological polar surface area (TPSA) is 51.6 Å². The molecule has 4 nitrogen and oxygen atoms in total. The quantitative estimate of drug-likeness (QED) is 0.122. The highest BCUT2D eigenvalue weighted by molar-refractivity contribution is 7.26. The summed E-state index contributed by atoms with van der Waals surface area (Å²) in [6, 6.07) is 50.2. The van der Waals surface area contributed by atoms with E-state index < -0.39 is 0 Å². The lowest BCUT2D eigenvalue weighted by Crippen LogP contribution is -2.02. The molecule has 0 N–H and O–H groups in total. The van der Waals surface area contributed by atoms with Crippen molar-refractivity contribution >= 4 is 64.2 Å². The molecule has 0 saturated carbocycles. The van der Waals surface area contributed by atoms with Gasteiger partial charge in [-0.15, -0.1) is 29.1 Å². The zero-order valence-electron chi connectivity index (χ0n) is 28.7. The summed E-state index contributed by atoms with van der Waals surface area (Å²) in [6.45, 7) is 2.07. The summed E-state index contributed by atoms with van der Waals surface area (Å²) in [5, 5.41) is 3.29. The van der Waals surface area contributed by atoms with Gasteiger partial charge in [-0.3, -0.25) is 0 Å². The Labute approximate surface area is 315 Å². The number of thiazole rings is 1. The van der Waals surface area contributed by atoms with Gasteiger partial charge >= 0.3 is 0 Å². The van der Waals surface area contributed by atoms with Gasteiger partial charge in [-0.05, 0) is 65.6 Å². The molecule has 9 rings (SSSR count). The summed E-state index contributed by atoms with van der Waals surface area (Å²) in [5.74, 6) is 4.42. The molecule has 0 aliphatic carbocycles. The van der Waals surface area contributed by atoms with Gasteiger partial charge in [-0.25, -0.2) is 19.9 Å². The van der Waals surface area contributed by atoms with Crippen LogP contribution in [0.4, 0.5) is 0 Å². The van der Waals surface area contributed by atoms with Gasteiger partial charge in [-0.2, -0.15) is 0 Å². The van der Waals surface area contributed by atoms with Gasteiger partial charge in [0.15, 0.2) is 17.5 Å². The van der Waals surface area contributed by atoms with E-state index in [1.807, 2.05) is 54.6 Å². The number of hydrogen-bond acceptors (Lipinski definition) is 6. The maximum atomic E-state index is 5.90. The van der Waals surface area contributed by atoms with E-state index in [4.69, 9.17) is 26.4 Å². The third-order valence-corrected chi connectivity index (χ3v) is 11.5. The van der Waals surface area contributed by atoms with Gasteiger partial charge in [0.2, 0.25) is 0 Å². The SMILES string of the molecule is C#C/C=C(\C=C(/C)c1ccccc1)c1nc(-c2ccccc2)nc(-c2cccc3sc4c(-c5cccc(-c6nc7ccccc7s6)c5)cccc4c23)n1. The Morgan fingerprint density at radius 1 is 0.604 bits per heavy atom. The van der Waals surface area contributed by atoms with Gasteiger partial charge in [0.25, 0.3) is 0 Å². The highest BCUT2D eigenvalue weighted by Crippen LogP contribution is 2.44. The number of para-hydroxylation sites is 1. The fourth-order valence-corrected chi connectivity index (χ4v) is 8.92. The number of fused-ring (bicyclic) bond motifs is 4. The van der Waals surface area contributed by atoms with Crippen LogP contribution < -0.4 is 0 Å². The molecule has 0 aliphatic rings. The number of rotatable bonds is 7. The molecule has 0 spiro atoms. The highest BCUT2D eigenvalue weighted by Gasteiger charge is 2.19. The number of nitrogens with zero attached hydrogens (tertiary/aromatic N) is 4. The van der Waals surface area contributed by atoms with E-state index in [-0.39, 0.29) is 0 Å². The average Bonchev–Trinajstić information content (AvgIpc) is 3.83. The molecule has 0 atom stereocenters. The van der Waals surface area contributed by atoms with E-state index in [2.05, 4.69) is 110 Å². The van der Waals surface area contributed by atoms with Crippen LogP contribution in [0, 0.1) is 12.3 Å². The van der Waals surface area contributed by atoms with Crippen molar-refractivity contribution in [2.24, 2.45) is 0 Å². The molecule has 0 fully saturated rings. The minimum Gasteiger partial charge on any atom is -0.236 e. The Bertz CT molecular complexity index is 2880. The van der Waals surface area contributed by atoms with Crippen molar-refractivity contribution in [2.75, 3.05) is 0 Å². The Hall–Kier alpha value is -6.52. The molecule has 0 aliphatic heterocycles. The highest BCUT2D eigenvalue weighted by atomic mass is 32.1. The molecular formula is C47H30N4S2. The average molecular weight is 715 g/mol. The Morgan fingerprint density at radius 2 is 1.28 bits per heavy atom. The van der Waals surface area contributed by atoms with Gasteiger partial charge < -0.3 is 0 Å². The minimum atomic E-state index is 0.519. The van der Waals surface area contributed by atoms with E-state index in [0.717, 1.165) is 65.0 Å². The van der Waals surface area contributed by atoms with E-state index in [1.165, 1.54) is 15.0 Å². The first-order chi connectivity index (χ1) is 26.1. The summed E-state index contributed by atoms with van der Waals surface area (Å²) in [7, 11) is 0. The van der Waals surface area contributed by atoms with E-state index in [1.54, 1.807) is 28.7 Å². The molecule has 53 heavy (non-hydrogen) atoms. The maximum absolute atomic E-state index is 5.90. The third kappa shape index (κ3) is 6.23. The molecule has 6 heteroatoms. The molecule has 3 heterocycles. The van der Waals surface area contributed by atoms with Crippen LogP contribution >= 0.6 is 22.7 Å². The van der Waals surface area contributed by atoms with Crippen LogP contribution in [0.15, 0.2) is 158 Å². The standard InChI is InChI=1S/C47H30N4S2/c1-3-15-34(28-30(2)31-16-6-4-7-17-31)45-49-44(32-18-8-5-9-19-32)50-46(51-45)38-24-14-27-41-42(38)37-23-13-22-36(43(37)52-41)33-20-12-21-35(29-33)47-48-39-25-10-11-26-40(39)53-47/h1,4-29H,2H3/b30-28+,34-15+. The molecule has 6 aromatic carbocycles. The number of benzene rings is 6. The van der Waals surface area contributed by atoms with E-state index in [0.29, 0.717) is 17.5 Å². The summed E-state index contributed by atoms with van der Waals surface area (Å²) in [4.78, 5) is 20.2. The summed E-state index contributed by atoms with van der Waals surface area (Å²) < 4.78 is 3.56. The van der Waals surface area contributed by atoms with Crippen molar-refractivity contribution in [1.29, 1.82) is 0 Å². The Kier molecular flexibility index (Phi) is 8.49. The number of allylic oxidation sites excluding steroid dienone is 4. The van der Waals surface area contributed by atoms with Crippen LogP contribution in [0.1, 0.15) is 18.3 Å². The first kappa shape index (κ1) is 32.4. The van der Waals surface area contributed by atoms with Gasteiger partial charge in [0, 0.05) is 42.4 Å². The lowest BCUT2D eigenvalue weighted by Gasteiger charge is -2.11. The van der Waals surface area contributed by atoms with Crippen LogP contribution in [0.25, 0.3) is 86.0 Å². The summed E-state index contributed by atoms with van der Waals surface area (Å²) >= 11 is 3.51. The summed E-state index contributed by atoms with van der Waals surface area (Å²) in [5.41, 5.74) is 9.22. The second kappa shape index (κ2) is 13.9. The number of aromatic nitrogens is 4. The number of hydrogen-bond donors (Lipinski definition) is 0. The second-order valence-electron chi connectivity index (χ2n) is 12.7. The first-order valence-electron chi connectivity index (χ1n) is 17.3. The second-order valence-corrected chi connectivity index (χ2v) is 14.7. The fourth-order valence-electron chi connectivity index (χ4n) is 6.70. The number of thiophene rings is 1. The molecule has 0 unspecified atom stereocenters. The molecule has 3 aromatic heterocycles. The number of terminal acetylenes is 1. The van der Waals surface area contributed by atoms with Gasteiger partial charge in [0.05, 0.1) is 10.2 Å². The lowest BCUT2D eigenvalue weighted by atomic mass is 9.99.